The van der Waals surface area contributed by atoms with Crippen LogP contribution in [-0.2, 0) is 9.53 Å². The van der Waals surface area contributed by atoms with E-state index in [2.05, 4.69) is 6.58 Å². The number of hydrogen-bond acceptors (Lipinski definition) is 2. The van der Waals surface area contributed by atoms with Crippen LogP contribution in [0.15, 0.2) is 12.2 Å². The molecule has 0 aromatic carbocycles. The minimum atomic E-state index is -0.209. The Morgan fingerprint density at radius 1 is 0.727 bits per heavy atom. The molecule has 0 spiro atoms. The first kappa shape index (κ1) is 19.3. The molecule has 0 aromatic heterocycles. The van der Waals surface area contributed by atoms with Gasteiger partial charge in [0.1, 0.15) is 6.10 Å². The van der Waals surface area contributed by atoms with Gasteiger partial charge in [-0.3, -0.25) is 0 Å². The number of esters is 1. The van der Waals surface area contributed by atoms with Crippen molar-refractivity contribution in [3.05, 3.63) is 12.2 Å². The van der Waals surface area contributed by atoms with E-state index in [4.69, 9.17) is 4.74 Å². The summed E-state index contributed by atoms with van der Waals surface area (Å²) in [4.78, 5) is 11.7. The molecular formula is C20H36O2. The Labute approximate surface area is 137 Å². The monoisotopic (exact) mass is 308 g/mol. The molecule has 0 bridgehead atoms. The highest BCUT2D eigenvalue weighted by Gasteiger charge is 2.14. The summed E-state index contributed by atoms with van der Waals surface area (Å²) in [5.74, 6) is -0.209. The summed E-state index contributed by atoms with van der Waals surface area (Å²) in [5.41, 5.74) is 0.521. The van der Waals surface area contributed by atoms with Crippen molar-refractivity contribution in [3.8, 4) is 0 Å². The molecule has 2 nitrogen and oxygen atoms in total. The van der Waals surface area contributed by atoms with Gasteiger partial charge in [0.05, 0.1) is 0 Å². The summed E-state index contributed by atoms with van der Waals surface area (Å²) in [7, 11) is 0. The molecule has 22 heavy (non-hydrogen) atoms. The predicted molar refractivity (Wildman–Crippen MR) is 93.9 cm³/mol. The first-order valence-electron chi connectivity index (χ1n) is 9.56. The summed E-state index contributed by atoms with van der Waals surface area (Å²) >= 11 is 0. The van der Waals surface area contributed by atoms with Crippen molar-refractivity contribution in [3.63, 3.8) is 0 Å². The van der Waals surface area contributed by atoms with Gasteiger partial charge in [0.15, 0.2) is 0 Å². The second-order valence-electron chi connectivity index (χ2n) is 6.98. The first-order valence-corrected chi connectivity index (χ1v) is 9.56. The highest BCUT2D eigenvalue weighted by Crippen LogP contribution is 2.19. The zero-order valence-corrected chi connectivity index (χ0v) is 14.7. The maximum atomic E-state index is 11.7. The topological polar surface area (TPSA) is 26.3 Å². The van der Waals surface area contributed by atoms with E-state index in [-0.39, 0.29) is 12.1 Å². The number of carbonyl (C=O) groups is 1. The predicted octanol–water partition coefficient (Wildman–Crippen LogP) is 6.34. The van der Waals surface area contributed by atoms with Crippen LogP contribution < -0.4 is 0 Å². The van der Waals surface area contributed by atoms with E-state index in [9.17, 15) is 4.79 Å². The highest BCUT2D eigenvalue weighted by molar-refractivity contribution is 5.87. The maximum Gasteiger partial charge on any atom is 0.333 e. The molecule has 0 aromatic rings. The van der Waals surface area contributed by atoms with Gasteiger partial charge >= 0.3 is 5.97 Å². The number of ether oxygens (including phenoxy) is 1. The van der Waals surface area contributed by atoms with E-state index < -0.39 is 0 Å². The molecule has 0 heterocycles. The van der Waals surface area contributed by atoms with Crippen molar-refractivity contribution in [2.24, 2.45) is 0 Å². The number of carbonyl (C=O) groups excluding carboxylic acids is 1. The molecule has 0 radical (unpaired) electrons. The quantitative estimate of drug-likeness (QED) is 0.439. The Morgan fingerprint density at radius 3 is 1.36 bits per heavy atom. The summed E-state index contributed by atoms with van der Waals surface area (Å²) in [5, 5.41) is 0. The molecule has 0 amide bonds. The molecule has 0 aliphatic heterocycles. The summed E-state index contributed by atoms with van der Waals surface area (Å²) in [6.07, 6.45) is 19.6. The fourth-order valence-electron chi connectivity index (χ4n) is 3.20. The smallest absolute Gasteiger partial charge is 0.333 e. The minimum Gasteiger partial charge on any atom is -0.459 e. The highest BCUT2D eigenvalue weighted by atomic mass is 16.5. The average Bonchev–Trinajstić information content (AvgIpc) is 2.49. The maximum absolute atomic E-state index is 11.7. The van der Waals surface area contributed by atoms with Crippen molar-refractivity contribution in [2.75, 3.05) is 0 Å². The largest absolute Gasteiger partial charge is 0.459 e. The molecule has 1 rings (SSSR count). The molecule has 2 heteroatoms. The minimum absolute atomic E-state index is 0.108. The van der Waals surface area contributed by atoms with Crippen LogP contribution in [0.4, 0.5) is 0 Å². The van der Waals surface area contributed by atoms with E-state index in [1.807, 2.05) is 0 Å². The lowest BCUT2D eigenvalue weighted by atomic mass is 10.00. The molecule has 1 fully saturated rings. The molecule has 128 valence electrons. The lowest BCUT2D eigenvalue weighted by Crippen LogP contribution is -2.18. The second-order valence-corrected chi connectivity index (χ2v) is 6.98. The summed E-state index contributed by atoms with van der Waals surface area (Å²) < 4.78 is 5.62. The van der Waals surface area contributed by atoms with E-state index in [0.29, 0.717) is 5.57 Å². The lowest BCUT2D eigenvalue weighted by molar-refractivity contribution is -0.145. The van der Waals surface area contributed by atoms with Gasteiger partial charge in [-0.2, -0.15) is 0 Å². The van der Waals surface area contributed by atoms with Crippen LogP contribution >= 0.6 is 0 Å². The van der Waals surface area contributed by atoms with Gasteiger partial charge < -0.3 is 4.74 Å². The van der Waals surface area contributed by atoms with E-state index in [0.717, 1.165) is 12.8 Å². The Morgan fingerprint density at radius 2 is 1.05 bits per heavy atom. The third-order valence-corrected chi connectivity index (χ3v) is 4.67. The fraction of sp³-hybridized carbons (Fsp3) is 0.850. The Bertz CT molecular complexity index is 293. The standard InChI is InChI=1S/C20H36O2/c1-18(2)20(21)22-19-16-14-12-10-8-6-4-3-5-7-9-11-13-15-17-19/h19H,1,3-17H2,2H3. The first-order chi connectivity index (χ1) is 10.7. The SMILES string of the molecule is C=C(C)C(=O)OC1CCCCCCCCCCCCCCC1. The van der Waals surface area contributed by atoms with Gasteiger partial charge in [0.25, 0.3) is 0 Å². The molecular weight excluding hydrogens is 272 g/mol. The van der Waals surface area contributed by atoms with Crippen molar-refractivity contribution < 1.29 is 9.53 Å². The van der Waals surface area contributed by atoms with Crippen molar-refractivity contribution >= 4 is 5.97 Å². The van der Waals surface area contributed by atoms with Crippen molar-refractivity contribution in [1.29, 1.82) is 0 Å². The van der Waals surface area contributed by atoms with Gasteiger partial charge in [-0.15, -0.1) is 0 Å². The van der Waals surface area contributed by atoms with Crippen molar-refractivity contribution in [2.45, 2.75) is 109 Å². The van der Waals surface area contributed by atoms with Crippen LogP contribution in [0.3, 0.4) is 0 Å². The molecule has 1 aliphatic rings. The van der Waals surface area contributed by atoms with Crippen LogP contribution in [0.2, 0.25) is 0 Å². The van der Waals surface area contributed by atoms with Gasteiger partial charge in [-0.25, -0.2) is 4.79 Å². The fourth-order valence-corrected chi connectivity index (χ4v) is 3.20. The number of rotatable bonds is 2. The van der Waals surface area contributed by atoms with Gasteiger partial charge in [0.2, 0.25) is 0 Å². The third kappa shape index (κ3) is 10.0. The van der Waals surface area contributed by atoms with Crippen LogP contribution in [0.25, 0.3) is 0 Å². The molecule has 1 saturated carbocycles. The van der Waals surface area contributed by atoms with Crippen LogP contribution in [0, 0.1) is 0 Å². The Kier molecular flexibility index (Phi) is 11.1. The normalized spacial score (nSPS) is 21.1. The number of hydrogen-bond donors (Lipinski definition) is 0. The second kappa shape index (κ2) is 12.7. The van der Waals surface area contributed by atoms with Gasteiger partial charge in [-0.05, 0) is 32.6 Å². The third-order valence-electron chi connectivity index (χ3n) is 4.67. The zero-order chi connectivity index (χ0) is 16.0. The summed E-state index contributed by atoms with van der Waals surface area (Å²) in [6.45, 7) is 5.42. The molecule has 0 N–H and O–H groups in total. The van der Waals surface area contributed by atoms with E-state index in [1.54, 1.807) is 6.92 Å². The van der Waals surface area contributed by atoms with E-state index in [1.165, 1.54) is 83.5 Å². The zero-order valence-electron chi connectivity index (χ0n) is 14.7. The van der Waals surface area contributed by atoms with Crippen LogP contribution in [0.5, 0.6) is 0 Å². The van der Waals surface area contributed by atoms with Crippen LogP contribution in [-0.4, -0.2) is 12.1 Å². The average molecular weight is 309 g/mol. The lowest BCUT2D eigenvalue weighted by Gasteiger charge is -2.18. The molecule has 0 unspecified atom stereocenters. The Hall–Kier alpha value is -0.790. The van der Waals surface area contributed by atoms with Crippen LogP contribution in [0.1, 0.15) is 103 Å². The van der Waals surface area contributed by atoms with E-state index >= 15 is 0 Å². The summed E-state index contributed by atoms with van der Waals surface area (Å²) in [6, 6.07) is 0. The van der Waals surface area contributed by atoms with Gasteiger partial charge in [0, 0.05) is 5.57 Å². The molecule has 0 saturated heterocycles. The molecule has 0 atom stereocenters. The van der Waals surface area contributed by atoms with Crippen molar-refractivity contribution in [1.82, 2.24) is 0 Å². The molecule has 1 aliphatic carbocycles. The Balaban J connectivity index is 2.35. The van der Waals surface area contributed by atoms with Gasteiger partial charge in [-0.1, -0.05) is 77.2 Å².